The van der Waals surface area contributed by atoms with E-state index < -0.39 is 18.6 Å². The van der Waals surface area contributed by atoms with Crippen LogP contribution in [-0.4, -0.2) is 44.7 Å². The van der Waals surface area contributed by atoms with Crippen molar-refractivity contribution in [3.63, 3.8) is 0 Å². The number of carbonyl (C=O) groups is 2. The summed E-state index contributed by atoms with van der Waals surface area (Å²) in [6.45, 7) is -1.35. The molecule has 0 fully saturated rings. The molecule has 0 atom stereocenters. The average Bonchev–Trinajstić information content (AvgIpc) is 2.20. The maximum Gasteiger partial charge on any atom is 0.405 e. The molecule has 94 valence electrons. The summed E-state index contributed by atoms with van der Waals surface area (Å²) in [7, 11) is 1.47. The van der Waals surface area contributed by atoms with E-state index in [1.807, 2.05) is 0 Å². The van der Waals surface area contributed by atoms with Crippen LogP contribution in [0.2, 0.25) is 0 Å². The summed E-state index contributed by atoms with van der Waals surface area (Å²) in [5.74, 6) is -0.961. The molecular formula is C8H14F3N3O2. The molecule has 0 bridgehead atoms. The predicted molar refractivity (Wildman–Crippen MR) is 50.6 cm³/mol. The molecule has 0 aliphatic heterocycles. The van der Waals surface area contributed by atoms with Crippen molar-refractivity contribution in [1.29, 1.82) is 0 Å². The Bertz CT molecular complexity index is 243. The van der Waals surface area contributed by atoms with Crippen molar-refractivity contribution < 1.29 is 22.8 Å². The third kappa shape index (κ3) is 9.25. The van der Waals surface area contributed by atoms with Gasteiger partial charge in [-0.1, -0.05) is 0 Å². The van der Waals surface area contributed by atoms with Gasteiger partial charge >= 0.3 is 6.18 Å². The van der Waals surface area contributed by atoms with Crippen LogP contribution < -0.4 is 16.0 Å². The number of alkyl halides is 3. The summed E-state index contributed by atoms with van der Waals surface area (Å²) in [5, 5.41) is 6.61. The second-order valence-electron chi connectivity index (χ2n) is 2.99. The molecule has 0 aliphatic rings. The van der Waals surface area contributed by atoms with Gasteiger partial charge in [-0.2, -0.15) is 13.2 Å². The molecule has 0 saturated carbocycles. The Morgan fingerprint density at radius 3 is 2.31 bits per heavy atom. The zero-order valence-corrected chi connectivity index (χ0v) is 8.78. The zero-order chi connectivity index (χ0) is 12.6. The Hall–Kier alpha value is -1.31. The molecule has 2 amide bonds. The second-order valence-corrected chi connectivity index (χ2v) is 2.99. The fourth-order valence-corrected chi connectivity index (χ4v) is 0.790. The molecule has 5 nitrogen and oxygen atoms in total. The topological polar surface area (TPSA) is 70.2 Å². The van der Waals surface area contributed by atoms with Crippen LogP contribution in [0.25, 0.3) is 0 Å². The number of hydrogen-bond donors (Lipinski definition) is 3. The van der Waals surface area contributed by atoms with E-state index >= 15 is 0 Å². The Morgan fingerprint density at radius 1 is 1.19 bits per heavy atom. The number of nitrogens with one attached hydrogen (secondary N) is 3. The fraction of sp³-hybridized carbons (Fsp3) is 0.750. The van der Waals surface area contributed by atoms with Crippen LogP contribution in [0.3, 0.4) is 0 Å². The first-order chi connectivity index (χ1) is 7.35. The van der Waals surface area contributed by atoms with Crippen LogP contribution >= 0.6 is 0 Å². The van der Waals surface area contributed by atoms with Gasteiger partial charge < -0.3 is 16.0 Å². The number of rotatable bonds is 6. The van der Waals surface area contributed by atoms with Gasteiger partial charge in [-0.25, -0.2) is 0 Å². The van der Waals surface area contributed by atoms with E-state index in [2.05, 4.69) is 10.6 Å². The van der Waals surface area contributed by atoms with Gasteiger partial charge in [0.25, 0.3) is 0 Å². The first kappa shape index (κ1) is 14.7. The number of amides is 2. The number of hydrogen-bond acceptors (Lipinski definition) is 3. The minimum atomic E-state index is -4.41. The summed E-state index contributed by atoms with van der Waals surface area (Å²) in [6.07, 6.45) is -4.24. The Morgan fingerprint density at radius 2 is 1.81 bits per heavy atom. The zero-order valence-electron chi connectivity index (χ0n) is 8.78. The number of halogens is 3. The highest BCUT2D eigenvalue weighted by molar-refractivity contribution is 5.78. The lowest BCUT2D eigenvalue weighted by molar-refractivity contribution is -0.137. The summed E-state index contributed by atoms with van der Waals surface area (Å²) >= 11 is 0. The van der Waals surface area contributed by atoms with E-state index in [-0.39, 0.29) is 25.4 Å². The van der Waals surface area contributed by atoms with E-state index in [9.17, 15) is 22.8 Å². The molecular weight excluding hydrogens is 227 g/mol. The summed E-state index contributed by atoms with van der Waals surface area (Å²) < 4.78 is 35.0. The maximum absolute atomic E-state index is 11.7. The van der Waals surface area contributed by atoms with Crippen LogP contribution in [-0.2, 0) is 9.59 Å². The third-order valence-electron chi connectivity index (χ3n) is 1.58. The summed E-state index contributed by atoms with van der Waals surface area (Å²) in [5.41, 5.74) is 0. The van der Waals surface area contributed by atoms with Gasteiger partial charge in [0, 0.05) is 20.0 Å². The second kappa shape index (κ2) is 7.04. The molecule has 0 heterocycles. The fourth-order valence-electron chi connectivity index (χ4n) is 0.790. The first-order valence-electron chi connectivity index (χ1n) is 4.60. The molecule has 8 heteroatoms. The molecule has 0 aromatic heterocycles. The van der Waals surface area contributed by atoms with Crippen LogP contribution in [0, 0.1) is 0 Å². The third-order valence-corrected chi connectivity index (χ3v) is 1.58. The standard InChI is InChI=1S/C8H14F3N3O2/c1-12-6(15)2-3-13-4-7(16)14-5-8(9,10)11/h13H,2-5H2,1H3,(H,12,15)(H,14,16). The van der Waals surface area contributed by atoms with Crippen LogP contribution in [0.5, 0.6) is 0 Å². The minimum Gasteiger partial charge on any atom is -0.359 e. The molecule has 0 aromatic carbocycles. The lowest BCUT2D eigenvalue weighted by atomic mass is 10.4. The van der Waals surface area contributed by atoms with Crippen molar-refractivity contribution in [2.75, 3.05) is 26.7 Å². The lowest BCUT2D eigenvalue weighted by Crippen LogP contribution is -2.39. The largest absolute Gasteiger partial charge is 0.405 e. The van der Waals surface area contributed by atoms with E-state index in [4.69, 9.17) is 0 Å². The van der Waals surface area contributed by atoms with Gasteiger partial charge in [0.15, 0.2) is 0 Å². The molecule has 0 spiro atoms. The molecule has 0 aromatic rings. The highest BCUT2D eigenvalue weighted by Crippen LogP contribution is 2.11. The van der Waals surface area contributed by atoms with E-state index in [1.54, 1.807) is 5.32 Å². The number of carbonyl (C=O) groups excluding carboxylic acids is 2. The SMILES string of the molecule is CNC(=O)CCNCC(=O)NCC(F)(F)F. The van der Waals surface area contributed by atoms with Crippen LogP contribution in [0.1, 0.15) is 6.42 Å². The Kier molecular flexibility index (Phi) is 6.47. The first-order valence-corrected chi connectivity index (χ1v) is 4.60. The van der Waals surface area contributed by atoms with Gasteiger partial charge in [0.1, 0.15) is 6.54 Å². The van der Waals surface area contributed by atoms with Crippen molar-refractivity contribution >= 4 is 11.8 Å². The van der Waals surface area contributed by atoms with Crippen molar-refractivity contribution in [3.8, 4) is 0 Å². The molecule has 3 N–H and O–H groups in total. The molecule has 0 unspecified atom stereocenters. The van der Waals surface area contributed by atoms with Gasteiger partial charge in [0.05, 0.1) is 6.54 Å². The predicted octanol–water partition coefficient (Wildman–Crippen LogP) is -0.609. The van der Waals surface area contributed by atoms with E-state index in [1.165, 1.54) is 7.05 Å². The van der Waals surface area contributed by atoms with Crippen molar-refractivity contribution in [3.05, 3.63) is 0 Å². The van der Waals surface area contributed by atoms with Crippen molar-refractivity contribution in [2.24, 2.45) is 0 Å². The highest BCUT2D eigenvalue weighted by atomic mass is 19.4. The minimum absolute atomic E-state index is 0.170. The molecule has 16 heavy (non-hydrogen) atoms. The van der Waals surface area contributed by atoms with Gasteiger partial charge in [-0.3, -0.25) is 9.59 Å². The van der Waals surface area contributed by atoms with Crippen LogP contribution in [0.4, 0.5) is 13.2 Å². The molecule has 0 aliphatic carbocycles. The maximum atomic E-state index is 11.7. The highest BCUT2D eigenvalue weighted by Gasteiger charge is 2.27. The molecule has 0 saturated heterocycles. The van der Waals surface area contributed by atoms with Crippen molar-refractivity contribution in [2.45, 2.75) is 12.6 Å². The van der Waals surface area contributed by atoms with E-state index in [0.717, 1.165) is 0 Å². The quantitative estimate of drug-likeness (QED) is 0.543. The molecule has 0 rings (SSSR count). The summed E-state index contributed by atoms with van der Waals surface area (Å²) in [6, 6.07) is 0. The molecule has 0 radical (unpaired) electrons. The summed E-state index contributed by atoms with van der Waals surface area (Å²) in [4.78, 5) is 21.5. The average molecular weight is 241 g/mol. The Balaban J connectivity index is 3.48. The van der Waals surface area contributed by atoms with Crippen LogP contribution in [0.15, 0.2) is 0 Å². The Labute approximate surface area is 90.8 Å². The van der Waals surface area contributed by atoms with Gasteiger partial charge in [-0.05, 0) is 0 Å². The normalized spacial score (nSPS) is 11.0. The monoisotopic (exact) mass is 241 g/mol. The smallest absolute Gasteiger partial charge is 0.359 e. The van der Waals surface area contributed by atoms with E-state index in [0.29, 0.717) is 0 Å². The van der Waals surface area contributed by atoms with Gasteiger partial charge in [0.2, 0.25) is 11.8 Å². The lowest BCUT2D eigenvalue weighted by Gasteiger charge is -2.08. The van der Waals surface area contributed by atoms with Crippen molar-refractivity contribution in [1.82, 2.24) is 16.0 Å². The van der Waals surface area contributed by atoms with Gasteiger partial charge in [-0.15, -0.1) is 0 Å².